The van der Waals surface area contributed by atoms with Crippen LogP contribution in [0, 0.1) is 11.7 Å². The predicted octanol–water partition coefficient (Wildman–Crippen LogP) is 2.27. The number of nitrogens with one attached hydrogen (secondary N) is 1. The number of amides is 1. The van der Waals surface area contributed by atoms with E-state index in [0.29, 0.717) is 23.6 Å². The maximum atomic E-state index is 13.1. The quantitative estimate of drug-likeness (QED) is 0.824. The Labute approximate surface area is 94.8 Å². The summed E-state index contributed by atoms with van der Waals surface area (Å²) in [5.74, 6) is -0.108. The van der Waals surface area contributed by atoms with Crippen LogP contribution in [-0.4, -0.2) is 5.91 Å². The summed E-state index contributed by atoms with van der Waals surface area (Å²) >= 11 is 0. The van der Waals surface area contributed by atoms with Crippen LogP contribution in [0.15, 0.2) is 18.2 Å². The summed E-state index contributed by atoms with van der Waals surface area (Å²) in [4.78, 5) is 11.5. The number of anilines is 1. The molecule has 0 spiro atoms. The molecule has 0 bridgehead atoms. The second kappa shape index (κ2) is 5.61. The Kier molecular flexibility index (Phi) is 4.43. The van der Waals surface area contributed by atoms with E-state index >= 15 is 0 Å². The molecule has 3 nitrogen and oxygen atoms in total. The molecule has 0 atom stereocenters. The molecule has 0 unspecified atom stereocenters. The molecule has 0 aliphatic heterocycles. The van der Waals surface area contributed by atoms with Crippen molar-refractivity contribution in [3.63, 3.8) is 0 Å². The molecule has 1 amide bonds. The summed E-state index contributed by atoms with van der Waals surface area (Å²) < 4.78 is 13.1. The van der Waals surface area contributed by atoms with Crippen molar-refractivity contribution in [3.8, 4) is 0 Å². The molecular formula is C12H17FN2O. The van der Waals surface area contributed by atoms with Gasteiger partial charge in [-0.25, -0.2) is 4.39 Å². The van der Waals surface area contributed by atoms with Gasteiger partial charge in [0.15, 0.2) is 0 Å². The van der Waals surface area contributed by atoms with Crippen LogP contribution in [-0.2, 0) is 11.3 Å². The van der Waals surface area contributed by atoms with Gasteiger partial charge in [-0.2, -0.15) is 0 Å². The Balaban J connectivity index is 2.71. The fourth-order valence-corrected chi connectivity index (χ4v) is 1.39. The molecule has 0 saturated heterocycles. The minimum Gasteiger partial charge on any atom is -0.326 e. The lowest BCUT2D eigenvalue weighted by Gasteiger charge is -2.08. The Morgan fingerprint density at radius 2 is 2.19 bits per heavy atom. The van der Waals surface area contributed by atoms with Gasteiger partial charge in [0.1, 0.15) is 5.82 Å². The largest absolute Gasteiger partial charge is 0.326 e. The molecule has 0 fully saturated rings. The maximum absolute atomic E-state index is 13.1. The number of nitrogens with two attached hydrogens (primary N) is 1. The summed E-state index contributed by atoms with van der Waals surface area (Å²) in [6.45, 7) is 4.06. The normalized spacial score (nSPS) is 10.6. The molecule has 88 valence electrons. The number of hydrogen-bond donors (Lipinski definition) is 2. The molecule has 0 aliphatic carbocycles. The van der Waals surface area contributed by atoms with Crippen molar-refractivity contribution in [1.29, 1.82) is 0 Å². The lowest BCUT2D eigenvalue weighted by molar-refractivity contribution is -0.116. The van der Waals surface area contributed by atoms with Gasteiger partial charge < -0.3 is 11.1 Å². The van der Waals surface area contributed by atoms with Gasteiger partial charge in [0.2, 0.25) is 5.91 Å². The van der Waals surface area contributed by atoms with E-state index < -0.39 is 0 Å². The van der Waals surface area contributed by atoms with E-state index in [1.165, 1.54) is 12.1 Å². The highest BCUT2D eigenvalue weighted by molar-refractivity contribution is 5.90. The lowest BCUT2D eigenvalue weighted by atomic mass is 10.1. The van der Waals surface area contributed by atoms with Crippen LogP contribution in [0.5, 0.6) is 0 Å². The average molecular weight is 224 g/mol. The van der Waals surface area contributed by atoms with Gasteiger partial charge in [0, 0.05) is 24.2 Å². The summed E-state index contributed by atoms with van der Waals surface area (Å²) in [7, 11) is 0. The van der Waals surface area contributed by atoms with E-state index in [2.05, 4.69) is 5.32 Å². The predicted molar refractivity (Wildman–Crippen MR) is 62.4 cm³/mol. The van der Waals surface area contributed by atoms with Crippen molar-refractivity contribution < 1.29 is 9.18 Å². The summed E-state index contributed by atoms with van der Waals surface area (Å²) in [5.41, 5.74) is 6.37. The van der Waals surface area contributed by atoms with Gasteiger partial charge in [-0.15, -0.1) is 0 Å². The van der Waals surface area contributed by atoms with Crippen LogP contribution < -0.4 is 11.1 Å². The first-order valence-corrected chi connectivity index (χ1v) is 5.31. The molecule has 16 heavy (non-hydrogen) atoms. The second-order valence-electron chi connectivity index (χ2n) is 4.16. The lowest BCUT2D eigenvalue weighted by Crippen LogP contribution is -2.14. The minimum atomic E-state index is -0.343. The van der Waals surface area contributed by atoms with Crippen LogP contribution in [0.4, 0.5) is 10.1 Å². The van der Waals surface area contributed by atoms with Crippen molar-refractivity contribution in [1.82, 2.24) is 0 Å². The van der Waals surface area contributed by atoms with E-state index in [4.69, 9.17) is 5.73 Å². The molecule has 0 aliphatic rings. The molecule has 1 rings (SSSR count). The fraction of sp³-hybridized carbons (Fsp3) is 0.417. The van der Waals surface area contributed by atoms with Crippen molar-refractivity contribution in [2.75, 3.05) is 5.32 Å². The smallest absolute Gasteiger partial charge is 0.224 e. The Bertz CT molecular complexity index is 377. The van der Waals surface area contributed by atoms with Crippen LogP contribution >= 0.6 is 0 Å². The van der Waals surface area contributed by atoms with Crippen LogP contribution in [0.2, 0.25) is 0 Å². The zero-order chi connectivity index (χ0) is 12.1. The number of halogens is 1. The maximum Gasteiger partial charge on any atom is 0.224 e. The zero-order valence-corrected chi connectivity index (χ0v) is 9.59. The van der Waals surface area contributed by atoms with Gasteiger partial charge in [0.05, 0.1) is 0 Å². The number of rotatable bonds is 4. The first-order valence-electron chi connectivity index (χ1n) is 5.31. The number of benzene rings is 1. The van der Waals surface area contributed by atoms with E-state index in [0.717, 1.165) is 0 Å². The van der Waals surface area contributed by atoms with Crippen molar-refractivity contribution >= 4 is 11.6 Å². The number of hydrogen-bond acceptors (Lipinski definition) is 2. The van der Waals surface area contributed by atoms with Gasteiger partial charge in [-0.05, 0) is 24.1 Å². The van der Waals surface area contributed by atoms with Crippen molar-refractivity contribution in [2.45, 2.75) is 26.8 Å². The van der Waals surface area contributed by atoms with Crippen LogP contribution in [0.1, 0.15) is 25.8 Å². The van der Waals surface area contributed by atoms with Crippen LogP contribution in [0.3, 0.4) is 0 Å². The first-order chi connectivity index (χ1) is 7.52. The number of carbonyl (C=O) groups is 1. The van der Waals surface area contributed by atoms with Crippen molar-refractivity contribution in [2.24, 2.45) is 11.7 Å². The monoisotopic (exact) mass is 224 g/mol. The van der Waals surface area contributed by atoms with Gasteiger partial charge in [0.25, 0.3) is 0 Å². The Morgan fingerprint density at radius 1 is 1.50 bits per heavy atom. The summed E-state index contributed by atoms with van der Waals surface area (Å²) in [5, 5.41) is 2.71. The van der Waals surface area contributed by atoms with Gasteiger partial charge >= 0.3 is 0 Å². The third kappa shape index (κ3) is 3.62. The number of carbonyl (C=O) groups excluding carboxylic acids is 1. The topological polar surface area (TPSA) is 55.1 Å². The summed E-state index contributed by atoms with van der Waals surface area (Å²) in [6.07, 6.45) is 0.454. The molecule has 0 saturated carbocycles. The molecule has 3 N–H and O–H groups in total. The highest BCUT2D eigenvalue weighted by Crippen LogP contribution is 2.15. The SMILES string of the molecule is CC(C)CC(=O)Nc1ccc(F)c(CN)c1. The second-order valence-corrected chi connectivity index (χ2v) is 4.16. The van der Waals surface area contributed by atoms with E-state index in [1.54, 1.807) is 6.07 Å². The minimum absolute atomic E-state index is 0.0652. The average Bonchev–Trinajstić information content (AvgIpc) is 2.19. The van der Waals surface area contributed by atoms with Crippen molar-refractivity contribution in [3.05, 3.63) is 29.6 Å². The Hall–Kier alpha value is -1.42. The zero-order valence-electron chi connectivity index (χ0n) is 9.59. The molecule has 0 heterocycles. The van der Waals surface area contributed by atoms with E-state index in [1.807, 2.05) is 13.8 Å². The molecule has 1 aromatic carbocycles. The molecular weight excluding hydrogens is 207 g/mol. The standard InChI is InChI=1S/C12H17FN2O/c1-8(2)5-12(16)15-10-3-4-11(13)9(6-10)7-14/h3-4,6,8H,5,7,14H2,1-2H3,(H,15,16). The van der Waals surface area contributed by atoms with Gasteiger partial charge in [-0.1, -0.05) is 13.8 Å². The molecule has 1 aromatic rings. The van der Waals surface area contributed by atoms with E-state index in [-0.39, 0.29) is 18.3 Å². The summed E-state index contributed by atoms with van der Waals surface area (Å²) in [6, 6.07) is 4.41. The fourth-order valence-electron chi connectivity index (χ4n) is 1.39. The third-order valence-electron chi connectivity index (χ3n) is 2.14. The van der Waals surface area contributed by atoms with E-state index in [9.17, 15) is 9.18 Å². The van der Waals surface area contributed by atoms with Gasteiger partial charge in [-0.3, -0.25) is 4.79 Å². The highest BCUT2D eigenvalue weighted by Gasteiger charge is 2.07. The Morgan fingerprint density at radius 3 is 2.75 bits per heavy atom. The highest BCUT2D eigenvalue weighted by atomic mass is 19.1. The molecule has 0 radical (unpaired) electrons. The first kappa shape index (κ1) is 12.6. The molecule has 4 heteroatoms. The van der Waals surface area contributed by atoms with Crippen LogP contribution in [0.25, 0.3) is 0 Å². The molecule has 0 aromatic heterocycles. The third-order valence-corrected chi connectivity index (χ3v) is 2.14.